The molecule has 0 aromatic carbocycles. The molecule has 1 atom stereocenters. The lowest BCUT2D eigenvalue weighted by atomic mass is 9.77. The van der Waals surface area contributed by atoms with E-state index in [9.17, 15) is 4.79 Å². The van der Waals surface area contributed by atoms with Gasteiger partial charge in [-0.2, -0.15) is 0 Å². The van der Waals surface area contributed by atoms with Crippen molar-refractivity contribution in [1.82, 2.24) is 15.6 Å². The van der Waals surface area contributed by atoms with Crippen LogP contribution in [0, 0.1) is 5.41 Å². The van der Waals surface area contributed by atoms with Crippen molar-refractivity contribution in [2.75, 3.05) is 6.54 Å². The SMILES string of the molecule is CC(C)(NC(=O)C1NCCCC1(C)C)c1nccs1. The second-order valence-electron chi connectivity index (χ2n) is 6.43. The maximum Gasteiger partial charge on any atom is 0.238 e. The van der Waals surface area contributed by atoms with Gasteiger partial charge in [0.15, 0.2) is 0 Å². The molecule has 2 rings (SSSR count). The second kappa shape index (κ2) is 5.21. The fourth-order valence-electron chi connectivity index (χ4n) is 2.62. The summed E-state index contributed by atoms with van der Waals surface area (Å²) in [6.07, 6.45) is 3.99. The van der Waals surface area contributed by atoms with Gasteiger partial charge in [0.2, 0.25) is 5.91 Å². The van der Waals surface area contributed by atoms with Gasteiger partial charge in [-0.25, -0.2) is 4.98 Å². The number of piperidine rings is 1. The van der Waals surface area contributed by atoms with Crippen LogP contribution in [0.25, 0.3) is 0 Å². The molecule has 1 unspecified atom stereocenters. The van der Waals surface area contributed by atoms with Crippen molar-refractivity contribution in [3.05, 3.63) is 16.6 Å². The number of carbonyl (C=O) groups is 1. The van der Waals surface area contributed by atoms with Crippen LogP contribution in [0.1, 0.15) is 45.5 Å². The molecule has 0 radical (unpaired) electrons. The Labute approximate surface area is 119 Å². The Balaban J connectivity index is 2.08. The maximum atomic E-state index is 12.5. The van der Waals surface area contributed by atoms with Gasteiger partial charge in [-0.05, 0) is 38.6 Å². The standard InChI is InChI=1S/C14H23N3OS/c1-13(2)6-5-7-15-10(13)11(18)17-14(3,4)12-16-8-9-19-12/h8-10,15H,5-7H2,1-4H3,(H,17,18). The van der Waals surface area contributed by atoms with Gasteiger partial charge in [-0.1, -0.05) is 13.8 Å². The number of aromatic nitrogens is 1. The van der Waals surface area contributed by atoms with Crippen LogP contribution in [-0.4, -0.2) is 23.5 Å². The topological polar surface area (TPSA) is 54.0 Å². The molecule has 0 spiro atoms. The second-order valence-corrected chi connectivity index (χ2v) is 7.33. The molecule has 1 fully saturated rings. The van der Waals surface area contributed by atoms with Crippen molar-refractivity contribution < 1.29 is 4.79 Å². The maximum absolute atomic E-state index is 12.5. The van der Waals surface area contributed by atoms with Crippen LogP contribution in [0.15, 0.2) is 11.6 Å². The average Bonchev–Trinajstić information content (AvgIpc) is 2.81. The highest BCUT2D eigenvalue weighted by Gasteiger charge is 2.39. The van der Waals surface area contributed by atoms with Gasteiger partial charge in [0.1, 0.15) is 5.01 Å². The predicted octanol–water partition coefficient (Wildman–Crippen LogP) is 2.27. The number of carbonyl (C=O) groups excluding carboxylic acids is 1. The van der Waals surface area contributed by atoms with E-state index in [0.717, 1.165) is 24.4 Å². The zero-order chi connectivity index (χ0) is 14.1. The minimum Gasteiger partial charge on any atom is -0.343 e. The predicted molar refractivity (Wildman–Crippen MR) is 78.1 cm³/mol. The molecule has 106 valence electrons. The van der Waals surface area contributed by atoms with E-state index in [4.69, 9.17) is 0 Å². The highest BCUT2D eigenvalue weighted by molar-refractivity contribution is 7.09. The van der Waals surface area contributed by atoms with Gasteiger partial charge in [-0.15, -0.1) is 11.3 Å². The Hall–Kier alpha value is -0.940. The summed E-state index contributed by atoms with van der Waals surface area (Å²) in [4.78, 5) is 16.8. The normalized spacial score (nSPS) is 23.1. The lowest BCUT2D eigenvalue weighted by molar-refractivity contribution is -0.128. The van der Waals surface area contributed by atoms with Crippen LogP contribution in [0.2, 0.25) is 0 Å². The van der Waals surface area contributed by atoms with Gasteiger partial charge in [0.25, 0.3) is 0 Å². The first-order chi connectivity index (χ1) is 8.83. The fraction of sp³-hybridized carbons (Fsp3) is 0.714. The first-order valence-corrected chi connectivity index (χ1v) is 7.66. The number of rotatable bonds is 3. The summed E-state index contributed by atoms with van der Waals surface area (Å²) in [6.45, 7) is 9.22. The number of hydrogen-bond acceptors (Lipinski definition) is 4. The molecule has 2 heterocycles. The number of nitrogens with one attached hydrogen (secondary N) is 2. The molecular formula is C14H23N3OS. The molecule has 1 amide bonds. The Kier molecular flexibility index (Phi) is 3.97. The van der Waals surface area contributed by atoms with Gasteiger partial charge in [0, 0.05) is 11.6 Å². The number of thiazole rings is 1. The lowest BCUT2D eigenvalue weighted by Crippen LogP contribution is -2.58. The molecule has 19 heavy (non-hydrogen) atoms. The van der Waals surface area contributed by atoms with Gasteiger partial charge in [0.05, 0.1) is 11.6 Å². The molecule has 0 aliphatic carbocycles. The van der Waals surface area contributed by atoms with Crippen molar-refractivity contribution in [3.63, 3.8) is 0 Å². The van der Waals surface area contributed by atoms with Crippen LogP contribution < -0.4 is 10.6 Å². The average molecular weight is 281 g/mol. The number of nitrogens with zero attached hydrogens (tertiary/aromatic N) is 1. The highest BCUT2D eigenvalue weighted by atomic mass is 32.1. The highest BCUT2D eigenvalue weighted by Crippen LogP contribution is 2.31. The first-order valence-electron chi connectivity index (χ1n) is 6.78. The van der Waals surface area contributed by atoms with E-state index in [2.05, 4.69) is 29.5 Å². The zero-order valence-electron chi connectivity index (χ0n) is 12.1. The van der Waals surface area contributed by atoms with E-state index in [1.165, 1.54) is 0 Å². The molecule has 1 aromatic rings. The van der Waals surface area contributed by atoms with Crippen LogP contribution in [0.3, 0.4) is 0 Å². The molecule has 2 N–H and O–H groups in total. The number of amides is 1. The van der Waals surface area contributed by atoms with Gasteiger partial charge < -0.3 is 10.6 Å². The molecule has 0 saturated carbocycles. The van der Waals surface area contributed by atoms with Crippen LogP contribution in [-0.2, 0) is 10.3 Å². The van der Waals surface area contributed by atoms with E-state index in [1.807, 2.05) is 19.2 Å². The van der Waals surface area contributed by atoms with Crippen molar-refractivity contribution in [2.45, 2.75) is 52.1 Å². The summed E-state index contributed by atoms with van der Waals surface area (Å²) in [5.74, 6) is 0.0740. The molecule has 1 aromatic heterocycles. The largest absolute Gasteiger partial charge is 0.343 e. The van der Waals surface area contributed by atoms with E-state index in [-0.39, 0.29) is 17.4 Å². The van der Waals surface area contributed by atoms with Crippen molar-refractivity contribution in [1.29, 1.82) is 0 Å². The van der Waals surface area contributed by atoms with E-state index in [0.29, 0.717) is 0 Å². The third-order valence-corrected chi connectivity index (χ3v) is 4.89. The quantitative estimate of drug-likeness (QED) is 0.893. The minimum absolute atomic E-state index is 0.00128. The van der Waals surface area contributed by atoms with Crippen LogP contribution >= 0.6 is 11.3 Å². The lowest BCUT2D eigenvalue weighted by Gasteiger charge is -2.39. The molecule has 1 aliphatic rings. The van der Waals surface area contributed by atoms with E-state index >= 15 is 0 Å². The van der Waals surface area contributed by atoms with Crippen LogP contribution in [0.5, 0.6) is 0 Å². The summed E-state index contributed by atoms with van der Waals surface area (Å²) in [5.41, 5.74) is -0.415. The summed E-state index contributed by atoms with van der Waals surface area (Å²) < 4.78 is 0. The third kappa shape index (κ3) is 3.15. The molecular weight excluding hydrogens is 258 g/mol. The van der Waals surface area contributed by atoms with E-state index < -0.39 is 5.54 Å². The monoisotopic (exact) mass is 281 g/mol. The Morgan fingerprint density at radius 2 is 2.32 bits per heavy atom. The molecule has 4 nitrogen and oxygen atoms in total. The van der Waals surface area contributed by atoms with Crippen LogP contribution in [0.4, 0.5) is 0 Å². The smallest absolute Gasteiger partial charge is 0.238 e. The molecule has 1 aliphatic heterocycles. The Bertz CT molecular complexity index is 440. The Morgan fingerprint density at radius 3 is 2.89 bits per heavy atom. The van der Waals surface area contributed by atoms with Crippen molar-refractivity contribution in [3.8, 4) is 0 Å². The fourth-order valence-corrected chi connectivity index (χ4v) is 3.34. The molecule has 1 saturated heterocycles. The minimum atomic E-state index is -0.416. The van der Waals surface area contributed by atoms with Crippen molar-refractivity contribution >= 4 is 17.2 Å². The summed E-state index contributed by atoms with van der Waals surface area (Å²) in [5, 5.41) is 9.35. The summed E-state index contributed by atoms with van der Waals surface area (Å²) >= 11 is 1.57. The number of hydrogen-bond donors (Lipinski definition) is 2. The van der Waals surface area contributed by atoms with Crippen molar-refractivity contribution in [2.24, 2.45) is 5.41 Å². The summed E-state index contributed by atoms with van der Waals surface area (Å²) in [7, 11) is 0. The zero-order valence-corrected chi connectivity index (χ0v) is 12.9. The van der Waals surface area contributed by atoms with Gasteiger partial charge in [-0.3, -0.25) is 4.79 Å². The first kappa shape index (κ1) is 14.5. The molecule has 0 bridgehead atoms. The summed E-state index contributed by atoms with van der Waals surface area (Å²) in [6, 6.07) is -0.125. The molecule has 5 heteroatoms. The van der Waals surface area contributed by atoms with Gasteiger partial charge >= 0.3 is 0 Å². The third-order valence-electron chi connectivity index (χ3n) is 3.79. The van der Waals surface area contributed by atoms with E-state index in [1.54, 1.807) is 17.5 Å². The Morgan fingerprint density at radius 1 is 1.58 bits per heavy atom.